The standard InChI is InChI=1S/C23H31N11O6/c24-15(3-12-6-26-9-29-12)20(36)32-16(1-2-19(25)35)21(37)33-17(4-13-7-27-10-30-13)22(38)34-18(23(39)40)5-14-8-28-11-31-14/h6-11,15-18H,1-5,24H2,(H2,25,35)(H,26,29)(H,27,30)(H,28,31)(H,32,36)(H,33,37)(H,34,38)(H,39,40). The van der Waals surface area contributed by atoms with E-state index in [-0.39, 0.29) is 32.1 Å². The Labute approximate surface area is 227 Å². The Hall–Kier alpha value is -5.06. The number of carboxylic acid groups (broad SMARTS) is 1. The molecule has 3 rings (SSSR count). The second kappa shape index (κ2) is 14.2. The minimum atomic E-state index is -1.33. The number of primary amides is 1. The molecule has 0 spiro atoms. The molecular weight excluding hydrogens is 526 g/mol. The fraction of sp³-hybridized carbons (Fsp3) is 0.391. The number of H-pyrrole nitrogens is 3. The third kappa shape index (κ3) is 9.05. The number of imidazole rings is 3. The molecule has 17 heteroatoms. The zero-order valence-corrected chi connectivity index (χ0v) is 21.3. The third-order valence-corrected chi connectivity index (χ3v) is 5.85. The number of aromatic nitrogens is 6. The van der Waals surface area contributed by atoms with E-state index in [4.69, 9.17) is 11.5 Å². The molecule has 0 aliphatic heterocycles. The van der Waals surface area contributed by atoms with Crippen LogP contribution in [0, 0.1) is 0 Å². The molecule has 0 saturated carbocycles. The fourth-order valence-corrected chi connectivity index (χ4v) is 3.75. The van der Waals surface area contributed by atoms with E-state index in [0.717, 1.165) is 0 Å². The Morgan fingerprint density at radius 1 is 0.725 bits per heavy atom. The normalized spacial score (nSPS) is 13.9. The van der Waals surface area contributed by atoms with Crippen molar-refractivity contribution in [3.8, 4) is 0 Å². The second-order valence-electron chi connectivity index (χ2n) is 8.98. The van der Waals surface area contributed by atoms with Crippen molar-refractivity contribution in [1.29, 1.82) is 0 Å². The number of hydrogen-bond donors (Lipinski definition) is 9. The number of carboxylic acids is 1. The average Bonchev–Trinajstić information content (AvgIpc) is 3.70. The number of aromatic amines is 3. The fourth-order valence-electron chi connectivity index (χ4n) is 3.75. The maximum atomic E-state index is 13.3. The summed E-state index contributed by atoms with van der Waals surface area (Å²) in [7, 11) is 0. The molecule has 0 aromatic carbocycles. The van der Waals surface area contributed by atoms with Crippen molar-refractivity contribution in [3.63, 3.8) is 0 Å². The van der Waals surface area contributed by atoms with Gasteiger partial charge in [-0.3, -0.25) is 19.2 Å². The van der Waals surface area contributed by atoms with Crippen molar-refractivity contribution < 1.29 is 29.1 Å². The molecule has 17 nitrogen and oxygen atoms in total. The Morgan fingerprint density at radius 3 is 1.65 bits per heavy atom. The monoisotopic (exact) mass is 557 g/mol. The number of carbonyl (C=O) groups excluding carboxylic acids is 4. The lowest BCUT2D eigenvalue weighted by Gasteiger charge is -2.25. The Bertz CT molecular complexity index is 1260. The number of nitrogens with zero attached hydrogens (tertiary/aromatic N) is 3. The van der Waals surface area contributed by atoms with Crippen LogP contribution in [0.15, 0.2) is 37.6 Å². The number of carbonyl (C=O) groups is 5. The first-order valence-electron chi connectivity index (χ1n) is 12.2. The maximum Gasteiger partial charge on any atom is 0.326 e. The van der Waals surface area contributed by atoms with Crippen molar-refractivity contribution in [2.75, 3.05) is 0 Å². The molecule has 11 N–H and O–H groups in total. The van der Waals surface area contributed by atoms with Crippen molar-refractivity contribution in [1.82, 2.24) is 45.9 Å². The van der Waals surface area contributed by atoms with E-state index in [1.54, 1.807) is 0 Å². The van der Waals surface area contributed by atoms with Crippen LogP contribution in [-0.2, 0) is 43.2 Å². The van der Waals surface area contributed by atoms with Crippen LogP contribution in [0.2, 0.25) is 0 Å². The van der Waals surface area contributed by atoms with Gasteiger partial charge in [0.15, 0.2) is 0 Å². The molecule has 4 unspecified atom stereocenters. The zero-order chi connectivity index (χ0) is 29.1. The summed E-state index contributed by atoms with van der Waals surface area (Å²) in [6.07, 6.45) is 8.07. The van der Waals surface area contributed by atoms with Crippen molar-refractivity contribution in [3.05, 3.63) is 54.7 Å². The number of aliphatic carboxylic acids is 1. The molecule has 4 atom stereocenters. The molecule has 0 aliphatic rings. The lowest BCUT2D eigenvalue weighted by Crippen LogP contribution is -2.58. The molecule has 0 bridgehead atoms. The zero-order valence-electron chi connectivity index (χ0n) is 21.3. The Morgan fingerprint density at radius 2 is 1.18 bits per heavy atom. The first-order chi connectivity index (χ1) is 19.1. The second-order valence-corrected chi connectivity index (χ2v) is 8.98. The average molecular weight is 558 g/mol. The number of amides is 4. The van der Waals surface area contributed by atoms with E-state index in [0.29, 0.717) is 17.1 Å². The van der Waals surface area contributed by atoms with E-state index in [2.05, 4.69) is 45.9 Å². The summed E-state index contributed by atoms with van der Waals surface area (Å²) in [5, 5.41) is 17.1. The summed E-state index contributed by atoms with van der Waals surface area (Å²) in [5.41, 5.74) is 12.8. The smallest absolute Gasteiger partial charge is 0.326 e. The molecule has 0 radical (unpaired) electrons. The van der Waals surface area contributed by atoms with Gasteiger partial charge in [-0.15, -0.1) is 0 Å². The topological polar surface area (TPSA) is 280 Å². The van der Waals surface area contributed by atoms with Gasteiger partial charge in [0.1, 0.15) is 18.1 Å². The van der Waals surface area contributed by atoms with E-state index >= 15 is 0 Å². The lowest BCUT2D eigenvalue weighted by molar-refractivity contribution is -0.142. The van der Waals surface area contributed by atoms with Crippen molar-refractivity contribution in [2.24, 2.45) is 11.5 Å². The van der Waals surface area contributed by atoms with Crippen LogP contribution < -0.4 is 27.4 Å². The largest absolute Gasteiger partial charge is 0.480 e. The van der Waals surface area contributed by atoms with E-state index < -0.39 is 53.8 Å². The predicted molar refractivity (Wildman–Crippen MR) is 137 cm³/mol. The highest BCUT2D eigenvalue weighted by molar-refractivity contribution is 5.94. The predicted octanol–water partition coefficient (Wildman–Crippen LogP) is -2.98. The van der Waals surface area contributed by atoms with Gasteiger partial charge in [-0.25, -0.2) is 19.7 Å². The summed E-state index contributed by atoms with van der Waals surface area (Å²) in [6, 6.07) is -4.93. The van der Waals surface area contributed by atoms with Gasteiger partial charge in [0, 0.05) is 61.4 Å². The summed E-state index contributed by atoms with van der Waals surface area (Å²) in [4.78, 5) is 82.5. The van der Waals surface area contributed by atoms with Gasteiger partial charge < -0.3 is 47.5 Å². The van der Waals surface area contributed by atoms with E-state index in [9.17, 15) is 29.1 Å². The van der Waals surface area contributed by atoms with Crippen LogP contribution in [0.4, 0.5) is 0 Å². The quantitative estimate of drug-likeness (QED) is 0.0861. The van der Waals surface area contributed by atoms with Gasteiger partial charge in [-0.1, -0.05) is 0 Å². The highest BCUT2D eigenvalue weighted by atomic mass is 16.4. The van der Waals surface area contributed by atoms with E-state index in [1.165, 1.54) is 37.6 Å². The van der Waals surface area contributed by atoms with Crippen molar-refractivity contribution in [2.45, 2.75) is 56.3 Å². The highest BCUT2D eigenvalue weighted by Crippen LogP contribution is 2.06. The summed E-state index contributed by atoms with van der Waals surface area (Å²) >= 11 is 0. The van der Waals surface area contributed by atoms with Crippen molar-refractivity contribution >= 4 is 29.6 Å². The van der Waals surface area contributed by atoms with Crippen LogP contribution in [0.3, 0.4) is 0 Å². The van der Waals surface area contributed by atoms with Crippen LogP contribution in [-0.4, -0.2) is 88.8 Å². The summed E-state index contributed by atoms with van der Waals surface area (Å²) in [6.45, 7) is 0. The number of hydrogen-bond acceptors (Lipinski definition) is 9. The molecule has 4 amide bonds. The number of rotatable bonds is 16. The maximum absolute atomic E-state index is 13.3. The molecule has 40 heavy (non-hydrogen) atoms. The third-order valence-electron chi connectivity index (χ3n) is 5.85. The van der Waals surface area contributed by atoms with Gasteiger partial charge in [-0.2, -0.15) is 0 Å². The van der Waals surface area contributed by atoms with Gasteiger partial charge in [0.05, 0.1) is 25.0 Å². The first kappa shape index (κ1) is 29.5. The highest BCUT2D eigenvalue weighted by Gasteiger charge is 2.31. The first-order valence-corrected chi connectivity index (χ1v) is 12.2. The number of nitrogens with two attached hydrogens (primary N) is 2. The van der Waals surface area contributed by atoms with Crippen LogP contribution >= 0.6 is 0 Å². The van der Waals surface area contributed by atoms with Crippen LogP contribution in [0.25, 0.3) is 0 Å². The molecule has 3 aromatic rings. The summed E-state index contributed by atoms with van der Waals surface area (Å²) in [5.74, 6) is -4.29. The van der Waals surface area contributed by atoms with Gasteiger partial charge in [0.25, 0.3) is 0 Å². The van der Waals surface area contributed by atoms with Crippen LogP contribution in [0.1, 0.15) is 29.9 Å². The van der Waals surface area contributed by atoms with Gasteiger partial charge in [-0.05, 0) is 6.42 Å². The minimum Gasteiger partial charge on any atom is -0.480 e. The lowest BCUT2D eigenvalue weighted by atomic mass is 10.1. The molecule has 3 heterocycles. The summed E-state index contributed by atoms with van der Waals surface area (Å²) < 4.78 is 0. The van der Waals surface area contributed by atoms with Crippen LogP contribution in [0.5, 0.6) is 0 Å². The molecular formula is C23H31N11O6. The Balaban J connectivity index is 1.73. The molecule has 0 saturated heterocycles. The SMILES string of the molecule is NC(=O)CCC(NC(=O)C(N)Cc1cnc[nH]1)C(=O)NC(Cc1cnc[nH]1)C(=O)NC(Cc1cnc[nH]1)C(=O)O. The Kier molecular flexibility index (Phi) is 10.5. The van der Waals surface area contributed by atoms with Gasteiger partial charge in [0.2, 0.25) is 23.6 Å². The molecule has 0 fully saturated rings. The van der Waals surface area contributed by atoms with E-state index in [1.807, 2.05) is 0 Å². The minimum absolute atomic E-state index is 0.0796. The van der Waals surface area contributed by atoms with Gasteiger partial charge >= 0.3 is 5.97 Å². The molecule has 0 aliphatic carbocycles. The number of nitrogens with one attached hydrogen (secondary N) is 6. The molecule has 3 aromatic heterocycles. The molecule has 214 valence electrons.